The standard InChI is InChI=1S/C49H28N2S4/c1-2-8-30(9-3-1)49-50-48-43(55-49)25-24-42-47(48)39-21-16-31(26-44(39)54-42)29-14-17-32(18-15-29)51(33-19-22-37-35-10-4-6-12-40(35)52-45(37)27-33)34-20-23-38-36-11-5-7-13-41(36)53-46(38)28-34/h1-28H. The van der Waals surface area contributed by atoms with Crippen LogP contribution in [-0.2, 0) is 0 Å². The quantitative estimate of drug-likeness (QED) is 0.173. The zero-order valence-corrected chi connectivity index (χ0v) is 32.5. The van der Waals surface area contributed by atoms with Gasteiger partial charge in [0.1, 0.15) is 5.01 Å². The Balaban J connectivity index is 0.956. The number of thiophene rings is 3. The lowest BCUT2D eigenvalue weighted by molar-refractivity contribution is 1.30. The monoisotopic (exact) mass is 772 g/mol. The summed E-state index contributed by atoms with van der Waals surface area (Å²) >= 11 is 7.36. The van der Waals surface area contributed by atoms with Gasteiger partial charge in [-0.1, -0.05) is 103 Å². The maximum absolute atomic E-state index is 5.17. The van der Waals surface area contributed by atoms with Crippen molar-refractivity contribution in [2.45, 2.75) is 0 Å². The smallest absolute Gasteiger partial charge is 0.124 e. The van der Waals surface area contributed by atoms with E-state index in [1.54, 1.807) is 11.3 Å². The molecular formula is C49H28N2S4. The Morgan fingerprint density at radius 3 is 1.55 bits per heavy atom. The Morgan fingerprint density at radius 1 is 0.327 bits per heavy atom. The van der Waals surface area contributed by atoms with Gasteiger partial charge in [-0.25, -0.2) is 4.98 Å². The first-order valence-electron chi connectivity index (χ1n) is 18.3. The van der Waals surface area contributed by atoms with E-state index < -0.39 is 0 Å². The number of aromatic nitrogens is 1. The van der Waals surface area contributed by atoms with E-state index in [-0.39, 0.29) is 0 Å². The van der Waals surface area contributed by atoms with E-state index in [2.05, 4.69) is 175 Å². The summed E-state index contributed by atoms with van der Waals surface area (Å²) in [6.07, 6.45) is 0. The first kappa shape index (κ1) is 31.5. The zero-order chi connectivity index (χ0) is 36.0. The summed E-state index contributed by atoms with van der Waals surface area (Å²) in [5.41, 5.74) is 8.14. The number of rotatable bonds is 5. The third-order valence-corrected chi connectivity index (χ3v) is 15.2. The largest absolute Gasteiger partial charge is 0.310 e. The van der Waals surface area contributed by atoms with Gasteiger partial charge >= 0.3 is 0 Å². The van der Waals surface area contributed by atoms with Crippen molar-refractivity contribution in [3.63, 3.8) is 0 Å². The molecule has 6 heteroatoms. The highest BCUT2D eigenvalue weighted by Crippen LogP contribution is 2.45. The number of hydrogen-bond donors (Lipinski definition) is 0. The van der Waals surface area contributed by atoms with Crippen LogP contribution in [0.4, 0.5) is 17.1 Å². The van der Waals surface area contributed by atoms with Crippen molar-refractivity contribution in [2.24, 2.45) is 0 Å². The molecule has 0 aliphatic rings. The van der Waals surface area contributed by atoms with Gasteiger partial charge in [0, 0.05) is 83.1 Å². The summed E-state index contributed by atoms with van der Waals surface area (Å²) in [5.74, 6) is 0. The van der Waals surface area contributed by atoms with Crippen molar-refractivity contribution in [1.82, 2.24) is 4.98 Å². The first-order valence-corrected chi connectivity index (χ1v) is 21.5. The molecule has 0 fully saturated rings. The molecule has 0 aliphatic carbocycles. The van der Waals surface area contributed by atoms with Crippen molar-refractivity contribution in [3.8, 4) is 21.7 Å². The topological polar surface area (TPSA) is 16.1 Å². The maximum atomic E-state index is 5.17. The minimum Gasteiger partial charge on any atom is -0.310 e. The van der Waals surface area contributed by atoms with E-state index >= 15 is 0 Å². The zero-order valence-electron chi connectivity index (χ0n) is 29.2. The van der Waals surface area contributed by atoms with Gasteiger partial charge in [0.2, 0.25) is 0 Å². The molecule has 0 saturated heterocycles. The molecule has 0 atom stereocenters. The van der Waals surface area contributed by atoms with Crippen LogP contribution in [0.3, 0.4) is 0 Å². The number of benzene rings is 8. The number of hydrogen-bond acceptors (Lipinski definition) is 6. The molecular weight excluding hydrogens is 745 g/mol. The van der Waals surface area contributed by atoms with Crippen LogP contribution in [-0.4, -0.2) is 4.98 Å². The van der Waals surface area contributed by atoms with E-state index in [1.807, 2.05) is 34.0 Å². The summed E-state index contributed by atoms with van der Waals surface area (Å²) in [7, 11) is 0. The van der Waals surface area contributed by atoms with Crippen LogP contribution in [0.2, 0.25) is 0 Å². The van der Waals surface area contributed by atoms with Gasteiger partial charge in [0.15, 0.2) is 0 Å². The number of fused-ring (bicyclic) bond motifs is 11. The molecule has 12 aromatic rings. The maximum Gasteiger partial charge on any atom is 0.124 e. The Bertz CT molecular complexity index is 3330. The third kappa shape index (κ3) is 5.06. The molecule has 0 bridgehead atoms. The lowest BCUT2D eigenvalue weighted by Crippen LogP contribution is -2.09. The van der Waals surface area contributed by atoms with Crippen LogP contribution in [0.5, 0.6) is 0 Å². The second kappa shape index (κ2) is 12.3. The fraction of sp³-hybridized carbons (Fsp3) is 0. The number of nitrogens with zero attached hydrogens (tertiary/aromatic N) is 2. The molecule has 0 saturated carbocycles. The van der Waals surface area contributed by atoms with Gasteiger partial charge < -0.3 is 4.90 Å². The van der Waals surface area contributed by atoms with Crippen LogP contribution < -0.4 is 4.90 Å². The van der Waals surface area contributed by atoms with E-state index in [0.29, 0.717) is 0 Å². The lowest BCUT2D eigenvalue weighted by atomic mass is 10.0. The first-order chi connectivity index (χ1) is 27.2. The summed E-state index contributed by atoms with van der Waals surface area (Å²) in [6.45, 7) is 0. The van der Waals surface area contributed by atoms with E-state index in [9.17, 15) is 0 Å². The molecule has 0 radical (unpaired) electrons. The third-order valence-electron chi connectivity index (χ3n) is 10.7. The fourth-order valence-corrected chi connectivity index (χ4v) is 12.5. The second-order valence-electron chi connectivity index (χ2n) is 13.9. The van der Waals surface area contributed by atoms with Crippen LogP contribution >= 0.6 is 45.3 Å². The molecule has 2 nitrogen and oxygen atoms in total. The summed E-state index contributed by atoms with van der Waals surface area (Å²) < 4.78 is 9.03. The van der Waals surface area contributed by atoms with Crippen LogP contribution in [0.15, 0.2) is 170 Å². The molecule has 0 unspecified atom stereocenters. The highest BCUT2D eigenvalue weighted by Gasteiger charge is 2.18. The SMILES string of the molecule is c1ccc(-c2nc3c(ccc4sc5cc(-c6ccc(N(c7ccc8c(c7)sc7ccccc78)c7ccc8c(c7)sc7ccccc78)cc6)ccc5c43)s2)cc1. The van der Waals surface area contributed by atoms with Gasteiger partial charge in [-0.2, -0.15) is 0 Å². The van der Waals surface area contributed by atoms with Crippen molar-refractivity contribution in [1.29, 1.82) is 0 Å². The van der Waals surface area contributed by atoms with Crippen LogP contribution in [0.1, 0.15) is 0 Å². The minimum atomic E-state index is 1.07. The van der Waals surface area contributed by atoms with Gasteiger partial charge in [-0.15, -0.1) is 45.3 Å². The molecule has 0 aliphatic heterocycles. The van der Waals surface area contributed by atoms with Gasteiger partial charge in [-0.05, 0) is 77.9 Å². The van der Waals surface area contributed by atoms with Gasteiger partial charge in [0.25, 0.3) is 0 Å². The Hall–Kier alpha value is -5.89. The molecule has 12 rings (SSSR count). The van der Waals surface area contributed by atoms with Crippen molar-refractivity contribution in [2.75, 3.05) is 4.90 Å². The molecule has 4 heterocycles. The average molecular weight is 773 g/mol. The molecule has 4 aromatic heterocycles. The Labute approximate surface area is 332 Å². The highest BCUT2D eigenvalue weighted by molar-refractivity contribution is 7.27. The van der Waals surface area contributed by atoms with Crippen molar-refractivity contribution >= 4 is 133 Å². The lowest BCUT2D eigenvalue weighted by Gasteiger charge is -2.26. The fourth-order valence-electron chi connectivity index (χ4n) is 8.09. The van der Waals surface area contributed by atoms with Gasteiger partial charge in [0.05, 0.1) is 10.2 Å². The summed E-state index contributed by atoms with van der Waals surface area (Å²) in [5, 5.41) is 8.86. The molecule has 0 spiro atoms. The minimum absolute atomic E-state index is 1.07. The van der Waals surface area contributed by atoms with Gasteiger partial charge in [-0.3, -0.25) is 0 Å². The van der Waals surface area contributed by atoms with E-state index in [0.717, 1.165) is 27.6 Å². The van der Waals surface area contributed by atoms with Crippen molar-refractivity contribution in [3.05, 3.63) is 170 Å². The predicted octanol–water partition coefficient (Wildman–Crippen LogP) is 16.2. The highest BCUT2D eigenvalue weighted by atomic mass is 32.1. The Morgan fingerprint density at radius 2 is 0.855 bits per heavy atom. The Kier molecular flexibility index (Phi) is 7.04. The van der Waals surface area contributed by atoms with E-state index in [4.69, 9.17) is 4.98 Å². The summed E-state index contributed by atoms with van der Waals surface area (Å²) in [4.78, 5) is 7.58. The van der Waals surface area contributed by atoms with E-state index in [1.165, 1.54) is 81.9 Å². The van der Waals surface area contributed by atoms with Crippen LogP contribution in [0.25, 0.3) is 92.4 Å². The summed E-state index contributed by atoms with van der Waals surface area (Å²) in [6, 6.07) is 62.4. The predicted molar refractivity (Wildman–Crippen MR) is 244 cm³/mol. The average Bonchev–Trinajstić information content (AvgIpc) is 4.02. The molecule has 258 valence electrons. The molecule has 0 amide bonds. The normalized spacial score (nSPS) is 12.0. The molecule has 0 N–H and O–H groups in total. The molecule has 55 heavy (non-hydrogen) atoms. The van der Waals surface area contributed by atoms with Crippen molar-refractivity contribution < 1.29 is 0 Å². The molecule has 8 aromatic carbocycles. The van der Waals surface area contributed by atoms with Crippen LogP contribution in [0, 0.1) is 0 Å². The number of thiazole rings is 1. The number of anilines is 3. The second-order valence-corrected chi connectivity index (χ2v) is 18.2.